The first kappa shape index (κ1) is 13.6. The number of nitrogens with zero attached hydrogens (tertiary/aromatic N) is 2. The van der Waals surface area contributed by atoms with Crippen LogP contribution in [-0.4, -0.2) is 16.5 Å². The van der Waals surface area contributed by atoms with Gasteiger partial charge in [0, 0.05) is 35.7 Å². The lowest BCUT2D eigenvalue weighted by Crippen LogP contribution is -2.26. The molecule has 3 rings (SSSR count). The van der Waals surface area contributed by atoms with Gasteiger partial charge in [-0.2, -0.15) is 0 Å². The molecule has 0 spiro atoms. The molecule has 1 N–H and O–H groups in total. The van der Waals surface area contributed by atoms with E-state index in [0.717, 1.165) is 36.8 Å². The molecule has 0 amide bonds. The van der Waals surface area contributed by atoms with E-state index in [2.05, 4.69) is 48.4 Å². The van der Waals surface area contributed by atoms with Crippen LogP contribution >= 0.6 is 11.8 Å². The average Bonchev–Trinajstić information content (AvgIpc) is 2.47. The maximum Gasteiger partial charge on any atom is 0.139 e. The summed E-state index contributed by atoms with van der Waals surface area (Å²) < 4.78 is 0. The Hall–Kier alpha value is -1.39. The van der Waals surface area contributed by atoms with Crippen LogP contribution in [0.3, 0.4) is 0 Å². The summed E-state index contributed by atoms with van der Waals surface area (Å²) in [5.41, 5.74) is 4.94. The van der Waals surface area contributed by atoms with Gasteiger partial charge in [-0.1, -0.05) is 17.7 Å². The number of aromatic nitrogens is 2. The van der Waals surface area contributed by atoms with Gasteiger partial charge in [-0.05, 0) is 26.0 Å². The molecule has 1 aromatic carbocycles. The molecule has 0 saturated heterocycles. The quantitative estimate of drug-likeness (QED) is 0.880. The van der Waals surface area contributed by atoms with E-state index in [0.29, 0.717) is 0 Å². The van der Waals surface area contributed by atoms with Gasteiger partial charge in [0.25, 0.3) is 0 Å². The summed E-state index contributed by atoms with van der Waals surface area (Å²) in [6.07, 6.45) is 1.01. The van der Waals surface area contributed by atoms with Crippen LogP contribution < -0.4 is 5.32 Å². The molecular weight excluding hydrogens is 266 g/mol. The maximum atomic E-state index is 4.73. The summed E-state index contributed by atoms with van der Waals surface area (Å²) in [5.74, 6) is 1.79. The molecule has 0 atom stereocenters. The van der Waals surface area contributed by atoms with E-state index in [9.17, 15) is 0 Å². The van der Waals surface area contributed by atoms with Crippen molar-refractivity contribution in [2.75, 3.05) is 6.54 Å². The first-order valence-electron chi connectivity index (χ1n) is 6.98. The number of thioether (sulfide) groups is 1. The fourth-order valence-electron chi connectivity index (χ4n) is 2.42. The summed E-state index contributed by atoms with van der Waals surface area (Å²) in [6.45, 7) is 6.13. The van der Waals surface area contributed by atoms with Gasteiger partial charge in [0.05, 0.1) is 11.4 Å². The Labute approximate surface area is 124 Å². The highest BCUT2D eigenvalue weighted by atomic mass is 32.2. The molecule has 0 bridgehead atoms. The van der Waals surface area contributed by atoms with Crippen molar-refractivity contribution >= 4 is 11.8 Å². The van der Waals surface area contributed by atoms with Crippen LogP contribution in [0.25, 0.3) is 0 Å². The molecule has 20 heavy (non-hydrogen) atoms. The van der Waals surface area contributed by atoms with Gasteiger partial charge in [0.1, 0.15) is 5.82 Å². The average molecular weight is 285 g/mol. The molecule has 1 aromatic heterocycles. The number of aryl methyl sites for hydroxylation is 2. The summed E-state index contributed by atoms with van der Waals surface area (Å²) >= 11 is 1.80. The van der Waals surface area contributed by atoms with Crippen LogP contribution in [0, 0.1) is 13.8 Å². The summed E-state index contributed by atoms with van der Waals surface area (Å²) in [6, 6.07) is 8.62. The zero-order valence-electron chi connectivity index (χ0n) is 11.9. The predicted octanol–water partition coefficient (Wildman–Crippen LogP) is 3.03. The van der Waals surface area contributed by atoms with Crippen molar-refractivity contribution < 1.29 is 0 Å². The highest BCUT2D eigenvalue weighted by Crippen LogP contribution is 2.23. The Morgan fingerprint density at radius 3 is 2.75 bits per heavy atom. The molecule has 4 heteroatoms. The Morgan fingerprint density at radius 2 is 1.95 bits per heavy atom. The molecule has 104 valence electrons. The lowest BCUT2D eigenvalue weighted by atomic mass is 10.1. The molecule has 1 aliphatic rings. The number of benzene rings is 1. The molecule has 0 fully saturated rings. The fraction of sp³-hybridized carbons (Fsp3) is 0.375. The molecule has 2 heterocycles. The van der Waals surface area contributed by atoms with E-state index < -0.39 is 0 Å². The number of nitrogens with one attached hydrogen (secondary N) is 1. The first-order chi connectivity index (χ1) is 9.72. The number of hydrogen-bond donors (Lipinski definition) is 1. The minimum Gasteiger partial charge on any atom is -0.312 e. The Morgan fingerprint density at radius 1 is 1.15 bits per heavy atom. The highest BCUT2D eigenvalue weighted by molar-refractivity contribution is 7.98. The van der Waals surface area contributed by atoms with Gasteiger partial charge in [-0.25, -0.2) is 9.97 Å². The van der Waals surface area contributed by atoms with E-state index in [1.54, 1.807) is 11.8 Å². The Balaban J connectivity index is 1.74. The van der Waals surface area contributed by atoms with Crippen LogP contribution in [0.2, 0.25) is 0 Å². The normalized spacial score (nSPS) is 14.1. The topological polar surface area (TPSA) is 37.8 Å². The van der Waals surface area contributed by atoms with Gasteiger partial charge in [0.15, 0.2) is 0 Å². The van der Waals surface area contributed by atoms with E-state index in [-0.39, 0.29) is 0 Å². The van der Waals surface area contributed by atoms with Gasteiger partial charge < -0.3 is 5.32 Å². The minimum absolute atomic E-state index is 0.838. The molecule has 0 saturated carbocycles. The monoisotopic (exact) mass is 285 g/mol. The van der Waals surface area contributed by atoms with Gasteiger partial charge in [-0.3, -0.25) is 0 Å². The zero-order chi connectivity index (χ0) is 13.9. The third kappa shape index (κ3) is 3.02. The standard InChI is InChI=1S/C16H19N3S/c1-11-3-5-13(6-4-11)20-10-16-18-12(2)14-9-17-8-7-15(14)19-16/h3-6,17H,7-10H2,1-2H3. The Bertz CT molecular complexity index is 608. The van der Waals surface area contributed by atoms with Crippen molar-refractivity contribution in [2.45, 2.75) is 37.5 Å². The van der Waals surface area contributed by atoms with Crippen molar-refractivity contribution in [1.82, 2.24) is 15.3 Å². The molecule has 2 aromatic rings. The van der Waals surface area contributed by atoms with Crippen molar-refractivity contribution in [3.63, 3.8) is 0 Å². The highest BCUT2D eigenvalue weighted by Gasteiger charge is 2.14. The van der Waals surface area contributed by atoms with Gasteiger partial charge >= 0.3 is 0 Å². The number of rotatable bonds is 3. The lowest BCUT2D eigenvalue weighted by molar-refractivity contribution is 0.617. The second kappa shape index (κ2) is 5.94. The van der Waals surface area contributed by atoms with Crippen LogP contribution in [0.15, 0.2) is 29.2 Å². The molecule has 1 aliphatic heterocycles. The van der Waals surface area contributed by atoms with E-state index >= 15 is 0 Å². The third-order valence-electron chi connectivity index (χ3n) is 3.58. The molecule has 3 nitrogen and oxygen atoms in total. The fourth-order valence-corrected chi connectivity index (χ4v) is 3.18. The smallest absolute Gasteiger partial charge is 0.139 e. The third-order valence-corrected chi connectivity index (χ3v) is 4.58. The SMILES string of the molecule is Cc1ccc(SCc2nc(C)c3c(n2)CCNC3)cc1. The summed E-state index contributed by atoms with van der Waals surface area (Å²) in [7, 11) is 0. The van der Waals surface area contributed by atoms with E-state index in [4.69, 9.17) is 4.98 Å². The van der Waals surface area contributed by atoms with E-state index in [1.165, 1.54) is 21.7 Å². The summed E-state index contributed by atoms with van der Waals surface area (Å²) in [5, 5.41) is 3.38. The van der Waals surface area contributed by atoms with Crippen molar-refractivity contribution in [3.8, 4) is 0 Å². The van der Waals surface area contributed by atoms with Crippen molar-refractivity contribution in [2.24, 2.45) is 0 Å². The van der Waals surface area contributed by atoms with Crippen LogP contribution in [0.5, 0.6) is 0 Å². The maximum absolute atomic E-state index is 4.73. The number of fused-ring (bicyclic) bond motifs is 1. The molecule has 0 radical (unpaired) electrons. The molecule has 0 unspecified atom stereocenters. The second-order valence-electron chi connectivity index (χ2n) is 5.18. The Kier molecular flexibility index (Phi) is 4.03. The van der Waals surface area contributed by atoms with Crippen molar-refractivity contribution in [1.29, 1.82) is 0 Å². The van der Waals surface area contributed by atoms with Crippen molar-refractivity contribution in [3.05, 3.63) is 52.6 Å². The van der Waals surface area contributed by atoms with Crippen LogP contribution in [0.4, 0.5) is 0 Å². The predicted molar refractivity (Wildman–Crippen MR) is 82.9 cm³/mol. The van der Waals surface area contributed by atoms with Crippen LogP contribution in [-0.2, 0) is 18.7 Å². The summed E-state index contributed by atoms with van der Waals surface area (Å²) in [4.78, 5) is 10.7. The van der Waals surface area contributed by atoms with Gasteiger partial charge in [0.2, 0.25) is 0 Å². The molecular formula is C16H19N3S. The molecule has 0 aliphatic carbocycles. The zero-order valence-corrected chi connectivity index (χ0v) is 12.8. The number of hydrogen-bond acceptors (Lipinski definition) is 4. The first-order valence-corrected chi connectivity index (χ1v) is 7.96. The lowest BCUT2D eigenvalue weighted by Gasteiger charge is -2.18. The van der Waals surface area contributed by atoms with E-state index in [1.807, 2.05) is 0 Å². The second-order valence-corrected chi connectivity index (χ2v) is 6.23. The largest absolute Gasteiger partial charge is 0.312 e. The van der Waals surface area contributed by atoms with Crippen LogP contribution in [0.1, 0.15) is 28.3 Å². The van der Waals surface area contributed by atoms with Gasteiger partial charge in [-0.15, -0.1) is 11.8 Å². The minimum atomic E-state index is 0.838.